The molecular formula is C25H30N4O4S. The molecule has 1 aliphatic rings. The summed E-state index contributed by atoms with van der Waals surface area (Å²) < 4.78 is 10.7. The number of benzene rings is 2. The highest BCUT2D eigenvalue weighted by Crippen LogP contribution is 2.32. The minimum Gasteiger partial charge on any atom is -0.497 e. The van der Waals surface area contributed by atoms with Crippen molar-refractivity contribution in [3.63, 3.8) is 0 Å². The van der Waals surface area contributed by atoms with Gasteiger partial charge in [0.1, 0.15) is 5.75 Å². The van der Waals surface area contributed by atoms with E-state index in [1.54, 1.807) is 37.4 Å². The van der Waals surface area contributed by atoms with E-state index in [9.17, 15) is 9.59 Å². The van der Waals surface area contributed by atoms with Crippen molar-refractivity contribution < 1.29 is 19.1 Å². The van der Waals surface area contributed by atoms with Crippen LogP contribution in [0, 0.1) is 0 Å². The monoisotopic (exact) mass is 482 g/mol. The minimum absolute atomic E-state index is 0.259. The third kappa shape index (κ3) is 5.85. The lowest BCUT2D eigenvalue weighted by atomic mass is 9.94. The molecule has 1 heterocycles. The van der Waals surface area contributed by atoms with Gasteiger partial charge in [-0.25, -0.2) is 9.59 Å². The number of hydrogen-bond donors (Lipinski definition) is 3. The molecule has 2 amide bonds. The second-order valence-corrected chi connectivity index (χ2v) is 8.40. The fourth-order valence-electron chi connectivity index (χ4n) is 3.74. The SMILES string of the molecule is CCN1C(=S)N[C@H](c2cccc(NC(=O)Nc3cccc(OC)c3)c2)C(C(=O)OC(C)C)=C1C. The zero-order valence-electron chi connectivity index (χ0n) is 20.0. The predicted octanol–water partition coefficient (Wildman–Crippen LogP) is 4.82. The third-order valence-electron chi connectivity index (χ3n) is 5.28. The first-order valence-electron chi connectivity index (χ1n) is 11.0. The summed E-state index contributed by atoms with van der Waals surface area (Å²) in [5.41, 5.74) is 3.17. The zero-order valence-corrected chi connectivity index (χ0v) is 20.8. The molecule has 34 heavy (non-hydrogen) atoms. The molecule has 1 aliphatic heterocycles. The number of thiocarbonyl (C=S) groups is 1. The van der Waals surface area contributed by atoms with E-state index in [1.165, 1.54) is 0 Å². The van der Waals surface area contributed by atoms with Crippen LogP contribution >= 0.6 is 12.2 Å². The van der Waals surface area contributed by atoms with Crippen molar-refractivity contribution in [1.29, 1.82) is 0 Å². The lowest BCUT2D eigenvalue weighted by Gasteiger charge is -2.37. The molecule has 3 rings (SSSR count). The van der Waals surface area contributed by atoms with Crippen molar-refractivity contribution in [1.82, 2.24) is 10.2 Å². The number of amides is 2. The number of urea groups is 1. The lowest BCUT2D eigenvalue weighted by molar-refractivity contribution is -0.143. The number of esters is 1. The summed E-state index contributed by atoms with van der Waals surface area (Å²) in [6.45, 7) is 8.08. The maximum atomic E-state index is 13.0. The van der Waals surface area contributed by atoms with E-state index < -0.39 is 18.0 Å². The summed E-state index contributed by atoms with van der Waals surface area (Å²) in [7, 11) is 1.57. The molecule has 2 aromatic rings. The predicted molar refractivity (Wildman–Crippen MR) is 137 cm³/mol. The van der Waals surface area contributed by atoms with Crippen LogP contribution in [0.2, 0.25) is 0 Å². The normalized spacial score (nSPS) is 15.6. The standard InChI is InChI=1S/C25H30N4O4S/c1-6-29-16(4)21(23(30)33-15(2)3)22(28-25(29)34)17-9-7-10-18(13-17)26-24(31)27-19-11-8-12-20(14-19)32-5/h7-15,22H,6H2,1-5H3,(H,28,34)(H2,26,27,31)/t22-/m1/s1. The van der Waals surface area contributed by atoms with Gasteiger partial charge in [-0.05, 0) is 69.7 Å². The van der Waals surface area contributed by atoms with E-state index in [0.717, 1.165) is 11.3 Å². The summed E-state index contributed by atoms with van der Waals surface area (Å²) >= 11 is 5.54. The average Bonchev–Trinajstić information content (AvgIpc) is 2.78. The fourth-order valence-corrected chi connectivity index (χ4v) is 4.13. The van der Waals surface area contributed by atoms with Crippen LogP contribution in [0.5, 0.6) is 5.75 Å². The van der Waals surface area contributed by atoms with Gasteiger partial charge >= 0.3 is 12.0 Å². The Labute approximate surface area is 205 Å². The molecular weight excluding hydrogens is 452 g/mol. The van der Waals surface area contributed by atoms with Crippen LogP contribution in [-0.2, 0) is 9.53 Å². The van der Waals surface area contributed by atoms with Gasteiger partial charge in [-0.15, -0.1) is 0 Å². The summed E-state index contributed by atoms with van der Waals surface area (Å²) in [6.07, 6.45) is -0.259. The topological polar surface area (TPSA) is 91.9 Å². The van der Waals surface area contributed by atoms with Crippen LogP contribution in [0.1, 0.15) is 39.3 Å². The van der Waals surface area contributed by atoms with Gasteiger partial charge in [0.25, 0.3) is 0 Å². The van der Waals surface area contributed by atoms with Gasteiger partial charge < -0.3 is 30.3 Å². The molecule has 0 unspecified atom stereocenters. The summed E-state index contributed by atoms with van der Waals surface area (Å²) in [6, 6.07) is 13.4. The molecule has 0 saturated heterocycles. The first kappa shape index (κ1) is 25.0. The number of nitrogens with one attached hydrogen (secondary N) is 3. The van der Waals surface area contributed by atoms with Gasteiger partial charge in [-0.2, -0.15) is 0 Å². The largest absolute Gasteiger partial charge is 0.497 e. The number of allylic oxidation sites excluding steroid dienone is 1. The van der Waals surface area contributed by atoms with Crippen LogP contribution in [0.25, 0.3) is 0 Å². The van der Waals surface area contributed by atoms with E-state index >= 15 is 0 Å². The molecule has 9 heteroatoms. The molecule has 0 fully saturated rings. The number of ether oxygens (including phenoxy) is 2. The lowest BCUT2D eigenvalue weighted by Crippen LogP contribution is -2.47. The molecule has 0 spiro atoms. The zero-order chi connectivity index (χ0) is 24.8. The molecule has 0 bridgehead atoms. The molecule has 0 saturated carbocycles. The number of methoxy groups -OCH3 is 1. The summed E-state index contributed by atoms with van der Waals surface area (Å²) in [4.78, 5) is 27.4. The van der Waals surface area contributed by atoms with Gasteiger partial charge in [-0.1, -0.05) is 18.2 Å². The number of carbonyl (C=O) groups excluding carboxylic acids is 2. The summed E-state index contributed by atoms with van der Waals surface area (Å²) in [5, 5.41) is 9.40. The molecule has 1 atom stereocenters. The number of anilines is 2. The Bertz CT molecular complexity index is 1120. The second-order valence-electron chi connectivity index (χ2n) is 8.02. The Morgan fingerprint density at radius 1 is 1.12 bits per heavy atom. The Kier molecular flexibility index (Phi) is 8.12. The first-order valence-corrected chi connectivity index (χ1v) is 11.5. The summed E-state index contributed by atoms with van der Waals surface area (Å²) in [5.74, 6) is 0.239. The smallest absolute Gasteiger partial charge is 0.338 e. The van der Waals surface area contributed by atoms with Crippen molar-refractivity contribution in [3.8, 4) is 5.75 Å². The van der Waals surface area contributed by atoms with Crippen molar-refractivity contribution in [2.24, 2.45) is 0 Å². The molecule has 0 radical (unpaired) electrons. The quantitative estimate of drug-likeness (QED) is 0.385. The second kappa shape index (κ2) is 11.0. The van der Waals surface area contributed by atoms with Crippen LogP contribution in [-0.4, -0.2) is 41.8 Å². The van der Waals surface area contributed by atoms with E-state index in [4.69, 9.17) is 21.7 Å². The number of hydrogen-bond acceptors (Lipinski definition) is 5. The van der Waals surface area contributed by atoms with Crippen molar-refractivity contribution in [2.45, 2.75) is 39.8 Å². The molecule has 3 N–H and O–H groups in total. The van der Waals surface area contributed by atoms with E-state index in [1.807, 2.05) is 50.8 Å². The van der Waals surface area contributed by atoms with Crippen LogP contribution in [0.4, 0.5) is 16.2 Å². The van der Waals surface area contributed by atoms with E-state index in [0.29, 0.717) is 34.4 Å². The van der Waals surface area contributed by atoms with Crippen molar-refractivity contribution in [3.05, 3.63) is 65.4 Å². The maximum absolute atomic E-state index is 13.0. The van der Waals surface area contributed by atoms with Crippen molar-refractivity contribution in [2.75, 3.05) is 24.3 Å². The van der Waals surface area contributed by atoms with E-state index in [2.05, 4.69) is 16.0 Å². The highest BCUT2D eigenvalue weighted by molar-refractivity contribution is 7.80. The number of rotatable bonds is 7. The Hall–Kier alpha value is -3.59. The van der Waals surface area contributed by atoms with Crippen molar-refractivity contribution >= 4 is 40.7 Å². The van der Waals surface area contributed by atoms with Gasteiger partial charge in [0.05, 0.1) is 24.8 Å². The van der Waals surface area contributed by atoms with E-state index in [-0.39, 0.29) is 6.10 Å². The van der Waals surface area contributed by atoms with Crippen LogP contribution in [0.3, 0.4) is 0 Å². The van der Waals surface area contributed by atoms with Crippen LogP contribution in [0.15, 0.2) is 59.8 Å². The van der Waals surface area contributed by atoms with Gasteiger partial charge in [-0.3, -0.25) is 0 Å². The highest BCUT2D eigenvalue weighted by atomic mass is 32.1. The first-order chi connectivity index (χ1) is 16.2. The number of carbonyl (C=O) groups is 2. The molecule has 8 nitrogen and oxygen atoms in total. The van der Waals surface area contributed by atoms with Gasteiger partial charge in [0, 0.05) is 29.7 Å². The van der Waals surface area contributed by atoms with Gasteiger partial charge in [0.2, 0.25) is 0 Å². The number of nitrogens with zero attached hydrogens (tertiary/aromatic N) is 1. The Morgan fingerprint density at radius 2 is 1.76 bits per heavy atom. The molecule has 180 valence electrons. The van der Waals surface area contributed by atoms with Crippen LogP contribution < -0.4 is 20.7 Å². The Morgan fingerprint density at radius 3 is 2.38 bits per heavy atom. The molecule has 0 aromatic heterocycles. The third-order valence-corrected chi connectivity index (χ3v) is 5.62. The van der Waals surface area contributed by atoms with Gasteiger partial charge in [0.15, 0.2) is 5.11 Å². The fraction of sp³-hybridized carbons (Fsp3) is 0.320. The highest BCUT2D eigenvalue weighted by Gasteiger charge is 2.34. The minimum atomic E-state index is -0.509. The maximum Gasteiger partial charge on any atom is 0.338 e. The Balaban J connectivity index is 1.86. The molecule has 2 aromatic carbocycles. The average molecular weight is 483 g/mol. The molecule has 0 aliphatic carbocycles.